The lowest BCUT2D eigenvalue weighted by molar-refractivity contribution is -0.118. The highest BCUT2D eigenvalue weighted by atomic mass is 35.5. The molecule has 1 N–H and O–H groups in total. The zero-order valence-corrected chi connectivity index (χ0v) is 16.1. The van der Waals surface area contributed by atoms with Crippen LogP contribution in [0, 0.1) is 0 Å². The lowest BCUT2D eigenvalue weighted by atomic mass is 10.2. The molecule has 0 saturated carbocycles. The zero-order valence-electron chi connectivity index (χ0n) is 14.5. The molecule has 3 aromatic rings. The number of anilines is 2. The standard InChI is InChI=1S/C19H18ClN5OS/c20-16-9-5-4-6-14(16)12-21-17(26)13-27-19-23-22-18-24(10-11-25(18)19)15-7-2-1-3-8-15/h1-9H,10-13H2,(H,21,26). The summed E-state index contributed by atoms with van der Waals surface area (Å²) < 4.78 is 2.05. The van der Waals surface area contributed by atoms with Crippen LogP contribution in [0.1, 0.15) is 5.56 Å². The van der Waals surface area contributed by atoms with Gasteiger partial charge in [0.1, 0.15) is 0 Å². The van der Waals surface area contributed by atoms with Gasteiger partial charge in [-0.1, -0.05) is 59.8 Å². The van der Waals surface area contributed by atoms with Crippen molar-refractivity contribution >= 4 is 40.9 Å². The number of nitrogens with zero attached hydrogens (tertiary/aromatic N) is 4. The summed E-state index contributed by atoms with van der Waals surface area (Å²) in [5.74, 6) is 1.05. The summed E-state index contributed by atoms with van der Waals surface area (Å²) in [6.45, 7) is 2.07. The Kier molecular flexibility index (Phi) is 5.31. The number of aromatic nitrogens is 3. The highest BCUT2D eigenvalue weighted by Crippen LogP contribution is 2.31. The predicted molar refractivity (Wildman–Crippen MR) is 107 cm³/mol. The van der Waals surface area contributed by atoms with Gasteiger partial charge in [-0.3, -0.25) is 9.36 Å². The Balaban J connectivity index is 1.35. The van der Waals surface area contributed by atoms with Crippen LogP contribution >= 0.6 is 23.4 Å². The van der Waals surface area contributed by atoms with Gasteiger partial charge in [0.25, 0.3) is 0 Å². The maximum Gasteiger partial charge on any atom is 0.232 e. The summed E-state index contributed by atoms with van der Waals surface area (Å²) in [6.07, 6.45) is 0. The second kappa shape index (κ2) is 8.02. The van der Waals surface area contributed by atoms with Gasteiger partial charge in [-0.2, -0.15) is 0 Å². The normalized spacial score (nSPS) is 12.9. The van der Waals surface area contributed by atoms with Crippen LogP contribution in [0.25, 0.3) is 0 Å². The number of thioether (sulfide) groups is 1. The molecule has 0 aliphatic carbocycles. The Hall–Kier alpha value is -2.51. The van der Waals surface area contributed by atoms with E-state index in [9.17, 15) is 4.79 Å². The molecule has 27 heavy (non-hydrogen) atoms. The number of rotatable bonds is 6. The fraction of sp³-hybridized carbons (Fsp3) is 0.211. The van der Waals surface area contributed by atoms with Gasteiger partial charge in [-0.15, -0.1) is 10.2 Å². The summed E-state index contributed by atoms with van der Waals surface area (Å²) in [6, 6.07) is 17.6. The van der Waals surface area contributed by atoms with Gasteiger partial charge >= 0.3 is 0 Å². The van der Waals surface area contributed by atoms with E-state index in [0.29, 0.717) is 11.6 Å². The molecule has 0 radical (unpaired) electrons. The fourth-order valence-corrected chi connectivity index (χ4v) is 3.94. The van der Waals surface area contributed by atoms with Crippen LogP contribution in [0.2, 0.25) is 5.02 Å². The summed E-state index contributed by atoms with van der Waals surface area (Å²) in [5.41, 5.74) is 2.00. The van der Waals surface area contributed by atoms with Crippen LogP contribution in [-0.2, 0) is 17.9 Å². The third-order valence-electron chi connectivity index (χ3n) is 4.32. The maximum absolute atomic E-state index is 12.2. The quantitative estimate of drug-likeness (QED) is 0.643. The number of amides is 1. The van der Waals surface area contributed by atoms with Crippen molar-refractivity contribution in [2.75, 3.05) is 17.2 Å². The van der Waals surface area contributed by atoms with E-state index in [2.05, 4.69) is 37.1 Å². The molecule has 0 atom stereocenters. The topological polar surface area (TPSA) is 63.1 Å². The molecule has 1 aliphatic rings. The van der Waals surface area contributed by atoms with Crippen molar-refractivity contribution in [2.45, 2.75) is 18.2 Å². The van der Waals surface area contributed by atoms with E-state index in [0.717, 1.165) is 35.4 Å². The van der Waals surface area contributed by atoms with Gasteiger partial charge in [-0.05, 0) is 23.8 Å². The van der Waals surface area contributed by atoms with Crippen molar-refractivity contribution < 1.29 is 4.79 Å². The smallest absolute Gasteiger partial charge is 0.232 e. The summed E-state index contributed by atoms with van der Waals surface area (Å²) in [7, 11) is 0. The number of para-hydroxylation sites is 1. The highest BCUT2D eigenvalue weighted by Gasteiger charge is 2.26. The van der Waals surface area contributed by atoms with Gasteiger partial charge in [0.05, 0.1) is 5.75 Å². The SMILES string of the molecule is O=C(CSc1nnc2n1CCN2c1ccccc1)NCc1ccccc1Cl. The molecule has 0 bridgehead atoms. The molecular weight excluding hydrogens is 382 g/mol. The van der Waals surface area contributed by atoms with Crippen LogP contribution in [0.15, 0.2) is 59.8 Å². The first-order valence-electron chi connectivity index (χ1n) is 8.61. The number of carbonyl (C=O) groups excluding carboxylic acids is 1. The lowest BCUT2D eigenvalue weighted by Gasteiger charge is -2.14. The zero-order chi connectivity index (χ0) is 18.6. The number of carbonyl (C=O) groups is 1. The lowest BCUT2D eigenvalue weighted by Crippen LogP contribution is -2.24. The number of halogens is 1. The van der Waals surface area contributed by atoms with Gasteiger partial charge < -0.3 is 10.2 Å². The van der Waals surface area contributed by atoms with Crippen molar-refractivity contribution in [3.63, 3.8) is 0 Å². The molecule has 6 nitrogen and oxygen atoms in total. The summed E-state index contributed by atoms with van der Waals surface area (Å²) in [5, 5.41) is 12.9. The van der Waals surface area contributed by atoms with Crippen LogP contribution in [0.4, 0.5) is 11.6 Å². The molecule has 2 aromatic carbocycles. The average molecular weight is 400 g/mol. The Morgan fingerprint density at radius 1 is 1.07 bits per heavy atom. The van der Waals surface area contributed by atoms with E-state index in [4.69, 9.17) is 11.6 Å². The van der Waals surface area contributed by atoms with Gasteiger partial charge in [0, 0.05) is 30.3 Å². The van der Waals surface area contributed by atoms with Crippen LogP contribution in [-0.4, -0.2) is 33.0 Å². The minimum atomic E-state index is -0.0600. The third-order valence-corrected chi connectivity index (χ3v) is 5.66. The van der Waals surface area contributed by atoms with E-state index in [-0.39, 0.29) is 11.7 Å². The second-order valence-corrected chi connectivity index (χ2v) is 7.43. The maximum atomic E-state index is 12.2. The van der Waals surface area contributed by atoms with Gasteiger partial charge in [0.2, 0.25) is 11.9 Å². The number of benzene rings is 2. The Bertz CT molecular complexity index is 946. The van der Waals surface area contributed by atoms with E-state index in [1.807, 2.05) is 42.5 Å². The summed E-state index contributed by atoms with van der Waals surface area (Å²) in [4.78, 5) is 14.3. The van der Waals surface area contributed by atoms with Crippen molar-refractivity contribution in [3.8, 4) is 0 Å². The minimum Gasteiger partial charge on any atom is -0.351 e. The molecule has 1 aliphatic heterocycles. The first-order valence-corrected chi connectivity index (χ1v) is 9.97. The van der Waals surface area contributed by atoms with E-state index >= 15 is 0 Å². The Morgan fingerprint density at radius 2 is 1.85 bits per heavy atom. The Morgan fingerprint density at radius 3 is 2.67 bits per heavy atom. The molecule has 4 rings (SSSR count). The molecule has 0 spiro atoms. The largest absolute Gasteiger partial charge is 0.351 e. The van der Waals surface area contributed by atoms with Crippen molar-refractivity contribution in [1.82, 2.24) is 20.1 Å². The predicted octanol–water partition coefficient (Wildman–Crippen LogP) is 3.49. The van der Waals surface area contributed by atoms with Crippen molar-refractivity contribution in [3.05, 3.63) is 65.2 Å². The monoisotopic (exact) mass is 399 g/mol. The van der Waals surface area contributed by atoms with E-state index < -0.39 is 0 Å². The molecule has 2 heterocycles. The molecule has 0 saturated heterocycles. The molecule has 138 valence electrons. The third kappa shape index (κ3) is 3.94. The highest BCUT2D eigenvalue weighted by molar-refractivity contribution is 7.99. The first kappa shape index (κ1) is 17.9. The molecule has 0 unspecified atom stereocenters. The van der Waals surface area contributed by atoms with Crippen LogP contribution in [0.5, 0.6) is 0 Å². The van der Waals surface area contributed by atoms with Gasteiger partial charge in [-0.25, -0.2) is 0 Å². The van der Waals surface area contributed by atoms with Gasteiger partial charge in [0.15, 0.2) is 5.16 Å². The molecule has 8 heteroatoms. The molecule has 0 fully saturated rings. The van der Waals surface area contributed by atoms with E-state index in [1.54, 1.807) is 0 Å². The second-order valence-electron chi connectivity index (χ2n) is 6.08. The number of hydrogen-bond donors (Lipinski definition) is 1. The first-order chi connectivity index (χ1) is 13.2. The van der Waals surface area contributed by atoms with Crippen LogP contribution in [0.3, 0.4) is 0 Å². The molecule has 1 aromatic heterocycles. The summed E-state index contributed by atoms with van der Waals surface area (Å²) >= 11 is 7.51. The van der Waals surface area contributed by atoms with E-state index in [1.165, 1.54) is 11.8 Å². The minimum absolute atomic E-state index is 0.0600. The average Bonchev–Trinajstić information content (AvgIpc) is 3.29. The number of fused-ring (bicyclic) bond motifs is 1. The van der Waals surface area contributed by atoms with Crippen LogP contribution < -0.4 is 10.2 Å². The fourth-order valence-electron chi connectivity index (χ4n) is 2.95. The van der Waals surface area contributed by atoms with Crippen molar-refractivity contribution in [2.24, 2.45) is 0 Å². The van der Waals surface area contributed by atoms with Crippen molar-refractivity contribution in [1.29, 1.82) is 0 Å². The number of hydrogen-bond acceptors (Lipinski definition) is 5. The Labute approximate surface area is 166 Å². The molecular formula is C19H18ClN5OS. The molecule has 1 amide bonds. The number of nitrogens with one attached hydrogen (secondary N) is 1.